The van der Waals surface area contributed by atoms with Crippen molar-refractivity contribution in [3.63, 3.8) is 0 Å². The van der Waals surface area contributed by atoms with Gasteiger partial charge in [-0.05, 0) is 106 Å². The van der Waals surface area contributed by atoms with Gasteiger partial charge in [-0.15, -0.1) is 11.3 Å². The molecular formula is C30H44N4O4S. The topological polar surface area (TPSA) is 122 Å². The number of hydrogen-bond donors (Lipinski definition) is 3. The van der Waals surface area contributed by atoms with E-state index in [4.69, 9.17) is 16.3 Å². The SMILES string of the molecule is COC1CC2(CCN(CCCN(N)c3ccc(C=O)cc3N)CC2)C1.O=CC(O)(c1cccs1)C1CCCC1. The second-order valence-electron chi connectivity index (χ2n) is 11.5. The Morgan fingerprint density at radius 1 is 1.21 bits per heavy atom. The number of hydrogen-bond acceptors (Lipinski definition) is 9. The predicted octanol–water partition coefficient (Wildman–Crippen LogP) is 4.37. The highest BCUT2D eigenvalue weighted by molar-refractivity contribution is 7.10. The second kappa shape index (κ2) is 13.4. The lowest BCUT2D eigenvalue weighted by Crippen LogP contribution is -2.50. The van der Waals surface area contributed by atoms with Crippen LogP contribution in [0.1, 0.15) is 73.0 Å². The van der Waals surface area contributed by atoms with Crippen LogP contribution in [0.5, 0.6) is 0 Å². The Morgan fingerprint density at radius 3 is 2.49 bits per heavy atom. The number of methoxy groups -OCH3 is 1. The van der Waals surface area contributed by atoms with Gasteiger partial charge in [-0.2, -0.15) is 0 Å². The molecule has 1 aromatic heterocycles. The quantitative estimate of drug-likeness (QED) is 0.171. The number of piperidine rings is 1. The van der Waals surface area contributed by atoms with Crippen molar-refractivity contribution in [2.75, 3.05) is 44.0 Å². The maximum Gasteiger partial charge on any atom is 0.157 e. The van der Waals surface area contributed by atoms with Crippen LogP contribution < -0.4 is 16.6 Å². The van der Waals surface area contributed by atoms with Gasteiger partial charge in [0.05, 0.1) is 17.5 Å². The highest BCUT2D eigenvalue weighted by atomic mass is 32.1. The van der Waals surface area contributed by atoms with Crippen LogP contribution in [-0.2, 0) is 15.1 Å². The Morgan fingerprint density at radius 2 is 1.92 bits per heavy atom. The summed E-state index contributed by atoms with van der Waals surface area (Å²) >= 11 is 1.46. The molecule has 5 rings (SSSR count). The Labute approximate surface area is 236 Å². The molecule has 1 unspecified atom stereocenters. The molecule has 2 aliphatic carbocycles. The summed E-state index contributed by atoms with van der Waals surface area (Å²) in [6.07, 6.45) is 12.3. The number of aliphatic hydroxyl groups is 1. The third-order valence-corrected chi connectivity index (χ3v) is 10.0. The Bertz CT molecular complexity index is 1060. The molecule has 2 aromatic rings. The molecule has 9 heteroatoms. The average molecular weight is 557 g/mol. The number of hydrazine groups is 1. The van der Waals surface area contributed by atoms with Gasteiger partial charge in [-0.1, -0.05) is 18.9 Å². The van der Waals surface area contributed by atoms with Crippen LogP contribution in [0.15, 0.2) is 35.7 Å². The van der Waals surface area contributed by atoms with Crippen molar-refractivity contribution in [3.8, 4) is 0 Å². The number of aldehydes is 2. The summed E-state index contributed by atoms with van der Waals surface area (Å²) in [5.74, 6) is 6.26. The minimum atomic E-state index is -1.22. The lowest BCUT2D eigenvalue weighted by Gasteiger charge is -2.51. The number of thiophene rings is 1. The number of likely N-dealkylation sites (tertiary alicyclic amines) is 1. The van der Waals surface area contributed by atoms with Crippen LogP contribution in [0.3, 0.4) is 0 Å². The third-order valence-electron chi connectivity index (χ3n) is 9.02. The lowest BCUT2D eigenvalue weighted by molar-refractivity contribution is -0.130. The summed E-state index contributed by atoms with van der Waals surface area (Å²) in [7, 11) is 1.82. The van der Waals surface area contributed by atoms with Gasteiger partial charge in [0.15, 0.2) is 11.9 Å². The first-order valence-electron chi connectivity index (χ1n) is 14.2. The standard InChI is InChI=1S/C19H30N4O2.C11H14O2S/c1-25-16-12-19(13-16)5-9-22(10-6-19)7-2-8-23(21)18-4-3-15(14-24)11-17(18)20;12-8-11(13,9-4-1-2-5-9)10-6-3-7-14-10/h3-4,11,14,16H,2,5-10,12-13,20-21H2,1H3;3,6-9,13H,1-2,4-5H2. The molecule has 5 N–H and O–H groups in total. The Kier molecular flexibility index (Phi) is 10.2. The zero-order valence-electron chi connectivity index (χ0n) is 23.1. The molecule has 0 radical (unpaired) electrons. The van der Waals surface area contributed by atoms with E-state index < -0.39 is 5.60 Å². The summed E-state index contributed by atoms with van der Waals surface area (Å²) in [6.45, 7) is 4.16. The van der Waals surface area contributed by atoms with E-state index in [1.807, 2.05) is 30.7 Å². The van der Waals surface area contributed by atoms with Gasteiger partial charge < -0.3 is 25.5 Å². The van der Waals surface area contributed by atoms with Gasteiger partial charge in [0.1, 0.15) is 6.29 Å². The number of benzene rings is 1. The maximum atomic E-state index is 11.1. The average Bonchev–Trinajstić information content (AvgIpc) is 3.68. The molecule has 1 atom stereocenters. The fourth-order valence-electron chi connectivity index (χ4n) is 6.45. The number of carbonyl (C=O) groups is 2. The summed E-state index contributed by atoms with van der Waals surface area (Å²) < 4.78 is 5.44. The number of nitrogens with two attached hydrogens (primary N) is 2. The molecule has 1 saturated heterocycles. The minimum Gasteiger partial charge on any atom is -0.397 e. The van der Waals surface area contributed by atoms with Crippen molar-refractivity contribution in [2.24, 2.45) is 17.2 Å². The number of rotatable bonds is 10. The van der Waals surface area contributed by atoms with Crippen molar-refractivity contribution in [3.05, 3.63) is 46.2 Å². The molecular weight excluding hydrogens is 512 g/mol. The fourth-order valence-corrected chi connectivity index (χ4v) is 7.32. The Balaban J connectivity index is 0.000000212. The van der Waals surface area contributed by atoms with E-state index in [-0.39, 0.29) is 5.92 Å². The molecule has 39 heavy (non-hydrogen) atoms. The van der Waals surface area contributed by atoms with Gasteiger partial charge in [0.25, 0.3) is 0 Å². The van der Waals surface area contributed by atoms with Gasteiger partial charge in [0, 0.05) is 24.1 Å². The number of carbonyl (C=O) groups excluding carboxylic acids is 2. The van der Waals surface area contributed by atoms with Crippen LogP contribution in [0.2, 0.25) is 0 Å². The highest BCUT2D eigenvalue weighted by Crippen LogP contribution is 2.50. The van der Waals surface area contributed by atoms with Crippen molar-refractivity contribution >= 4 is 35.3 Å². The molecule has 1 spiro atoms. The van der Waals surface area contributed by atoms with Crippen molar-refractivity contribution < 1.29 is 19.4 Å². The lowest BCUT2D eigenvalue weighted by atomic mass is 9.61. The first-order chi connectivity index (χ1) is 18.8. The number of nitrogen functional groups attached to an aromatic ring is 1. The molecule has 0 amide bonds. The van der Waals surface area contributed by atoms with E-state index in [0.717, 1.165) is 68.3 Å². The zero-order valence-corrected chi connectivity index (χ0v) is 23.9. The van der Waals surface area contributed by atoms with E-state index >= 15 is 0 Å². The molecule has 3 aliphatic rings. The van der Waals surface area contributed by atoms with Crippen molar-refractivity contribution in [1.82, 2.24) is 4.90 Å². The van der Waals surface area contributed by atoms with Gasteiger partial charge in [-0.25, -0.2) is 5.84 Å². The first kappa shape index (κ1) is 29.7. The highest BCUT2D eigenvalue weighted by Gasteiger charge is 2.45. The summed E-state index contributed by atoms with van der Waals surface area (Å²) in [5.41, 5.74) is 7.23. The smallest absolute Gasteiger partial charge is 0.157 e. The van der Waals surface area contributed by atoms with Gasteiger partial charge in [0.2, 0.25) is 0 Å². The van der Waals surface area contributed by atoms with Crippen molar-refractivity contribution in [1.29, 1.82) is 0 Å². The van der Waals surface area contributed by atoms with Crippen LogP contribution in [0.4, 0.5) is 11.4 Å². The molecule has 214 valence electrons. The largest absolute Gasteiger partial charge is 0.397 e. The van der Waals surface area contributed by atoms with E-state index in [0.29, 0.717) is 22.8 Å². The summed E-state index contributed by atoms with van der Waals surface area (Å²) in [4.78, 5) is 25.2. The fraction of sp³-hybridized carbons (Fsp3) is 0.600. The molecule has 2 heterocycles. The molecule has 3 fully saturated rings. The molecule has 0 bridgehead atoms. The van der Waals surface area contributed by atoms with Crippen LogP contribution in [0.25, 0.3) is 0 Å². The monoisotopic (exact) mass is 556 g/mol. The Hall–Kier alpha value is -2.30. The van der Waals surface area contributed by atoms with E-state index in [9.17, 15) is 14.7 Å². The van der Waals surface area contributed by atoms with Crippen LogP contribution in [0, 0.1) is 11.3 Å². The third kappa shape index (κ3) is 7.08. The molecule has 1 aromatic carbocycles. The number of anilines is 2. The zero-order chi connectivity index (χ0) is 27.9. The summed E-state index contributed by atoms with van der Waals surface area (Å²) in [6, 6.07) is 8.94. The first-order valence-corrected chi connectivity index (χ1v) is 15.1. The second-order valence-corrected chi connectivity index (χ2v) is 12.4. The number of ether oxygens (including phenoxy) is 1. The maximum absolute atomic E-state index is 11.1. The van der Waals surface area contributed by atoms with Crippen molar-refractivity contribution in [2.45, 2.75) is 69.5 Å². The van der Waals surface area contributed by atoms with Gasteiger partial charge >= 0.3 is 0 Å². The van der Waals surface area contributed by atoms with E-state index in [1.54, 1.807) is 17.1 Å². The van der Waals surface area contributed by atoms with Crippen LogP contribution in [-0.4, -0.2) is 62.0 Å². The number of nitrogens with zero attached hydrogens (tertiary/aromatic N) is 2. The molecule has 1 aliphatic heterocycles. The molecule has 8 nitrogen and oxygen atoms in total. The van der Waals surface area contributed by atoms with E-state index in [1.165, 1.54) is 50.1 Å². The van der Waals surface area contributed by atoms with Gasteiger partial charge in [-0.3, -0.25) is 9.59 Å². The predicted molar refractivity (Wildman–Crippen MR) is 157 cm³/mol. The minimum absolute atomic E-state index is 0.124. The summed E-state index contributed by atoms with van der Waals surface area (Å²) in [5, 5.41) is 13.9. The normalized spacial score (nSPS) is 21.0. The molecule has 2 saturated carbocycles. The van der Waals surface area contributed by atoms with E-state index in [2.05, 4.69) is 4.90 Å². The van der Waals surface area contributed by atoms with Crippen LogP contribution >= 0.6 is 11.3 Å².